The maximum absolute atomic E-state index is 15.1. The fraction of sp³-hybridized carbons (Fsp3) is 0.214. The molecule has 4 rings (SSSR count). The summed E-state index contributed by atoms with van der Waals surface area (Å²) in [6.07, 6.45) is 2.60. The van der Waals surface area contributed by atoms with Crippen LogP contribution in [0.25, 0.3) is 10.8 Å². The topological polar surface area (TPSA) is 0 Å². The normalized spacial score (nSPS) is 11.3. The number of rotatable bonds is 7. The van der Waals surface area contributed by atoms with Crippen LogP contribution >= 0.6 is 11.6 Å². The van der Waals surface area contributed by atoms with Crippen LogP contribution in [0.2, 0.25) is 5.02 Å². The van der Waals surface area contributed by atoms with Gasteiger partial charge in [0.15, 0.2) is 0 Å². The summed E-state index contributed by atoms with van der Waals surface area (Å²) in [7, 11) is 0. The zero-order valence-corrected chi connectivity index (χ0v) is 19.0. The van der Waals surface area contributed by atoms with Gasteiger partial charge in [-0.05, 0) is 83.5 Å². The predicted molar refractivity (Wildman–Crippen MR) is 126 cm³/mol. The predicted octanol–water partition coefficient (Wildman–Crippen LogP) is 8.18. The molecule has 4 aromatic carbocycles. The van der Waals surface area contributed by atoms with Gasteiger partial charge in [0.2, 0.25) is 0 Å². The first-order valence-electron chi connectivity index (χ1n) is 11.0. The second kappa shape index (κ2) is 9.96. The quantitative estimate of drug-likeness (QED) is 0.189. The number of aryl methyl sites for hydroxylation is 5. The third kappa shape index (κ3) is 5.22. The maximum Gasteiger partial charge on any atom is 0.145 e. The Morgan fingerprint density at radius 2 is 1.21 bits per heavy atom. The lowest BCUT2D eigenvalue weighted by molar-refractivity contribution is 0.579. The summed E-state index contributed by atoms with van der Waals surface area (Å²) in [6, 6.07) is 16.8. The van der Waals surface area contributed by atoms with E-state index in [-0.39, 0.29) is 18.1 Å². The Balaban J connectivity index is 1.48. The molecule has 170 valence electrons. The maximum atomic E-state index is 15.1. The van der Waals surface area contributed by atoms with E-state index in [1.807, 2.05) is 37.3 Å². The lowest BCUT2D eigenvalue weighted by atomic mass is 9.97. The molecule has 0 nitrogen and oxygen atoms in total. The van der Waals surface area contributed by atoms with Crippen LogP contribution in [0.1, 0.15) is 34.7 Å². The van der Waals surface area contributed by atoms with Crippen LogP contribution in [0.5, 0.6) is 0 Å². The molecule has 0 saturated heterocycles. The van der Waals surface area contributed by atoms with Crippen LogP contribution in [0.4, 0.5) is 17.6 Å². The monoisotopic (exact) mass is 470 g/mol. The number of hydrogen-bond acceptors (Lipinski definition) is 0. The van der Waals surface area contributed by atoms with Crippen molar-refractivity contribution in [3.63, 3.8) is 0 Å². The molecule has 33 heavy (non-hydrogen) atoms. The molecule has 0 saturated carbocycles. The third-order valence-electron chi connectivity index (χ3n) is 6.03. The molecule has 0 radical (unpaired) electrons. The van der Waals surface area contributed by atoms with Crippen molar-refractivity contribution in [3.8, 4) is 0 Å². The summed E-state index contributed by atoms with van der Waals surface area (Å²) in [4.78, 5) is 0. The Morgan fingerprint density at radius 3 is 1.91 bits per heavy atom. The van der Waals surface area contributed by atoms with Crippen LogP contribution in [-0.2, 0) is 32.1 Å². The molecule has 0 bridgehead atoms. The van der Waals surface area contributed by atoms with E-state index in [4.69, 9.17) is 11.6 Å². The summed E-state index contributed by atoms with van der Waals surface area (Å²) in [5, 5.41) is 0.717. The molecule has 0 aromatic heterocycles. The molecule has 0 fully saturated rings. The minimum Gasteiger partial charge on any atom is -0.207 e. The van der Waals surface area contributed by atoms with Gasteiger partial charge in [0, 0.05) is 5.39 Å². The molecular formula is C28H23ClF4. The molecule has 0 N–H and O–H groups in total. The Labute approximate surface area is 195 Å². The van der Waals surface area contributed by atoms with Crippen molar-refractivity contribution in [2.75, 3.05) is 0 Å². The number of benzene rings is 4. The smallest absolute Gasteiger partial charge is 0.145 e. The largest absolute Gasteiger partial charge is 0.207 e. The molecule has 0 aliphatic carbocycles. The first-order chi connectivity index (χ1) is 15.9. The molecule has 0 atom stereocenters. The van der Waals surface area contributed by atoms with Crippen LogP contribution in [-0.4, -0.2) is 0 Å². The lowest BCUT2D eigenvalue weighted by Gasteiger charge is -2.10. The highest BCUT2D eigenvalue weighted by Crippen LogP contribution is 2.26. The van der Waals surface area contributed by atoms with Crippen LogP contribution in [0.3, 0.4) is 0 Å². The van der Waals surface area contributed by atoms with Gasteiger partial charge in [0.25, 0.3) is 0 Å². The van der Waals surface area contributed by atoms with Crippen molar-refractivity contribution in [3.05, 3.63) is 117 Å². The number of hydrogen-bond donors (Lipinski definition) is 0. The van der Waals surface area contributed by atoms with E-state index in [1.165, 1.54) is 12.1 Å². The van der Waals surface area contributed by atoms with E-state index in [0.29, 0.717) is 41.3 Å². The molecule has 0 spiro atoms. The second-order valence-corrected chi connectivity index (χ2v) is 8.62. The Morgan fingerprint density at radius 1 is 0.606 bits per heavy atom. The van der Waals surface area contributed by atoms with E-state index < -0.39 is 16.7 Å². The van der Waals surface area contributed by atoms with Gasteiger partial charge >= 0.3 is 0 Å². The zero-order chi connectivity index (χ0) is 23.5. The average molecular weight is 471 g/mol. The Hall–Kier alpha value is -2.85. The van der Waals surface area contributed by atoms with E-state index in [0.717, 1.165) is 22.9 Å². The summed E-state index contributed by atoms with van der Waals surface area (Å²) in [6.45, 7) is 1.99. The molecule has 0 aliphatic heterocycles. The van der Waals surface area contributed by atoms with Gasteiger partial charge in [0.05, 0.1) is 0 Å². The van der Waals surface area contributed by atoms with Crippen molar-refractivity contribution in [1.29, 1.82) is 0 Å². The van der Waals surface area contributed by atoms with Crippen molar-refractivity contribution >= 4 is 22.4 Å². The summed E-state index contributed by atoms with van der Waals surface area (Å²) >= 11 is 5.52. The van der Waals surface area contributed by atoms with E-state index >= 15 is 4.39 Å². The van der Waals surface area contributed by atoms with Gasteiger partial charge in [0.1, 0.15) is 28.3 Å². The van der Waals surface area contributed by atoms with Gasteiger partial charge in [-0.15, -0.1) is 0 Å². The highest BCUT2D eigenvalue weighted by Gasteiger charge is 2.12. The summed E-state index contributed by atoms with van der Waals surface area (Å²) < 4.78 is 56.6. The van der Waals surface area contributed by atoms with E-state index in [9.17, 15) is 13.2 Å². The fourth-order valence-corrected chi connectivity index (χ4v) is 4.17. The van der Waals surface area contributed by atoms with Crippen LogP contribution < -0.4 is 0 Å². The van der Waals surface area contributed by atoms with Crippen molar-refractivity contribution < 1.29 is 17.6 Å². The first kappa shape index (κ1) is 23.3. The molecule has 0 heterocycles. The molecule has 5 heteroatoms. The third-order valence-corrected chi connectivity index (χ3v) is 6.39. The SMILES string of the molecule is CCc1ccc(CCc2ccc3c(F)c(CCc4cc(F)c(Cl)c(F)c4)ccc3c2)c(F)c1. The molecule has 0 aliphatic rings. The first-order valence-corrected chi connectivity index (χ1v) is 11.3. The standard InChI is InChI=1S/C28H23ClF4/c1-2-17-3-7-20(24(30)14-17)8-4-18-6-12-23-22(13-18)11-10-21(28(23)33)9-5-19-15-25(31)27(29)26(32)16-19/h3,6-7,10-16H,2,4-5,8-9H2,1H3. The zero-order valence-electron chi connectivity index (χ0n) is 18.2. The Kier molecular flexibility index (Phi) is 7.04. The van der Waals surface area contributed by atoms with Crippen LogP contribution in [0, 0.1) is 23.3 Å². The minimum absolute atomic E-state index is 0.189. The fourth-order valence-electron chi connectivity index (χ4n) is 4.06. The van der Waals surface area contributed by atoms with Gasteiger partial charge in [-0.2, -0.15) is 0 Å². The average Bonchev–Trinajstić information content (AvgIpc) is 2.81. The van der Waals surface area contributed by atoms with Crippen molar-refractivity contribution in [2.45, 2.75) is 39.0 Å². The number of halogens is 5. The summed E-state index contributed by atoms with van der Waals surface area (Å²) in [5.41, 5.74) is 3.54. The highest BCUT2D eigenvalue weighted by molar-refractivity contribution is 6.30. The minimum atomic E-state index is -0.820. The molecule has 0 unspecified atom stereocenters. The van der Waals surface area contributed by atoms with Gasteiger partial charge < -0.3 is 0 Å². The van der Waals surface area contributed by atoms with Crippen molar-refractivity contribution in [2.24, 2.45) is 0 Å². The van der Waals surface area contributed by atoms with E-state index in [2.05, 4.69) is 0 Å². The van der Waals surface area contributed by atoms with Gasteiger partial charge in [-0.3, -0.25) is 0 Å². The Bertz CT molecular complexity index is 1290. The summed E-state index contributed by atoms with van der Waals surface area (Å²) in [5.74, 6) is -2.17. The van der Waals surface area contributed by atoms with Crippen LogP contribution in [0.15, 0.2) is 60.7 Å². The van der Waals surface area contributed by atoms with E-state index in [1.54, 1.807) is 18.2 Å². The second-order valence-electron chi connectivity index (χ2n) is 8.25. The van der Waals surface area contributed by atoms with Gasteiger partial charge in [-0.25, -0.2) is 17.6 Å². The molecule has 0 amide bonds. The number of fused-ring (bicyclic) bond motifs is 1. The van der Waals surface area contributed by atoms with Crippen molar-refractivity contribution in [1.82, 2.24) is 0 Å². The highest BCUT2D eigenvalue weighted by atomic mass is 35.5. The van der Waals surface area contributed by atoms with Gasteiger partial charge in [-0.1, -0.05) is 61.0 Å². The lowest BCUT2D eigenvalue weighted by Crippen LogP contribution is -1.99. The molecular weight excluding hydrogens is 448 g/mol. The molecule has 4 aromatic rings.